The van der Waals surface area contributed by atoms with Crippen molar-refractivity contribution in [3.8, 4) is 0 Å². The average molecular weight is 340 g/mol. The summed E-state index contributed by atoms with van der Waals surface area (Å²) in [6.07, 6.45) is 2.87. The van der Waals surface area contributed by atoms with Crippen LogP contribution in [0.15, 0.2) is 42.6 Å². The van der Waals surface area contributed by atoms with Crippen molar-refractivity contribution in [3.63, 3.8) is 0 Å². The summed E-state index contributed by atoms with van der Waals surface area (Å²) in [4.78, 5) is 28.4. The maximum Gasteiger partial charge on any atom is 0.223 e. The summed E-state index contributed by atoms with van der Waals surface area (Å²) in [5.41, 5.74) is 2.12. The summed E-state index contributed by atoms with van der Waals surface area (Å²) in [7, 11) is 1.89. The van der Waals surface area contributed by atoms with Crippen molar-refractivity contribution in [2.24, 2.45) is 7.05 Å². The van der Waals surface area contributed by atoms with Gasteiger partial charge in [0.1, 0.15) is 0 Å². The van der Waals surface area contributed by atoms with E-state index in [0.717, 1.165) is 11.3 Å². The highest BCUT2D eigenvalue weighted by Gasteiger charge is 2.32. The van der Waals surface area contributed by atoms with Crippen molar-refractivity contribution in [2.45, 2.75) is 25.8 Å². The Morgan fingerprint density at radius 3 is 2.56 bits per heavy atom. The fourth-order valence-electron chi connectivity index (χ4n) is 3.35. The number of hydrogen-bond donors (Lipinski definition) is 0. The standard InChI is InChI=1S/C19H24N4O2/c1-15(24)22-12-13-23(18(14-22)16-6-4-3-5-7-16)19(25)9-8-17-10-11-20-21(17)2/h3-7,10-11,18H,8-9,12-14H2,1-2H3. The Bertz CT molecular complexity index is 741. The lowest BCUT2D eigenvalue weighted by Crippen LogP contribution is -2.51. The first-order chi connectivity index (χ1) is 12.1. The highest BCUT2D eigenvalue weighted by Crippen LogP contribution is 2.26. The molecule has 2 amide bonds. The van der Waals surface area contributed by atoms with Crippen LogP contribution in [0.4, 0.5) is 0 Å². The molecule has 2 heterocycles. The third-order valence-electron chi connectivity index (χ3n) is 4.85. The minimum atomic E-state index is -0.0853. The molecule has 1 fully saturated rings. The van der Waals surface area contributed by atoms with Gasteiger partial charge in [-0.1, -0.05) is 30.3 Å². The summed E-state index contributed by atoms with van der Waals surface area (Å²) in [6, 6.07) is 11.8. The number of rotatable bonds is 4. The lowest BCUT2D eigenvalue weighted by molar-refractivity contribution is -0.142. The van der Waals surface area contributed by atoms with E-state index in [1.54, 1.807) is 17.8 Å². The third-order valence-corrected chi connectivity index (χ3v) is 4.85. The number of hydrogen-bond acceptors (Lipinski definition) is 3. The number of nitrogens with zero attached hydrogens (tertiary/aromatic N) is 4. The van der Waals surface area contributed by atoms with Crippen LogP contribution in [0.2, 0.25) is 0 Å². The van der Waals surface area contributed by atoms with Gasteiger partial charge in [-0.15, -0.1) is 0 Å². The van der Waals surface area contributed by atoms with Gasteiger partial charge in [-0.05, 0) is 18.1 Å². The zero-order chi connectivity index (χ0) is 17.8. The number of carbonyl (C=O) groups excluding carboxylic acids is 2. The van der Waals surface area contributed by atoms with E-state index in [1.165, 1.54) is 0 Å². The van der Waals surface area contributed by atoms with Crippen molar-refractivity contribution in [1.82, 2.24) is 19.6 Å². The monoisotopic (exact) mass is 340 g/mol. The molecule has 0 N–H and O–H groups in total. The van der Waals surface area contributed by atoms with Gasteiger partial charge < -0.3 is 9.80 Å². The first-order valence-electron chi connectivity index (χ1n) is 8.63. The zero-order valence-electron chi connectivity index (χ0n) is 14.8. The molecule has 0 radical (unpaired) electrons. The lowest BCUT2D eigenvalue weighted by Gasteiger charge is -2.41. The topological polar surface area (TPSA) is 58.4 Å². The molecule has 1 unspecified atom stereocenters. The molecule has 1 atom stereocenters. The molecule has 2 aromatic rings. The van der Waals surface area contributed by atoms with E-state index in [-0.39, 0.29) is 17.9 Å². The molecule has 1 saturated heterocycles. The number of piperazine rings is 1. The second-order valence-electron chi connectivity index (χ2n) is 6.42. The van der Waals surface area contributed by atoms with Crippen LogP contribution in [0.3, 0.4) is 0 Å². The highest BCUT2D eigenvalue weighted by atomic mass is 16.2. The molecule has 1 aliphatic heterocycles. The minimum absolute atomic E-state index is 0.0583. The molecule has 25 heavy (non-hydrogen) atoms. The largest absolute Gasteiger partial charge is 0.339 e. The van der Waals surface area contributed by atoms with E-state index in [1.807, 2.05) is 53.2 Å². The Kier molecular flexibility index (Phi) is 5.16. The van der Waals surface area contributed by atoms with Crippen LogP contribution in [0.5, 0.6) is 0 Å². The zero-order valence-corrected chi connectivity index (χ0v) is 14.8. The summed E-state index contributed by atoms with van der Waals surface area (Å²) >= 11 is 0. The van der Waals surface area contributed by atoms with E-state index in [0.29, 0.717) is 32.5 Å². The normalized spacial score (nSPS) is 17.6. The second-order valence-corrected chi connectivity index (χ2v) is 6.42. The van der Waals surface area contributed by atoms with Crippen LogP contribution in [0.25, 0.3) is 0 Å². The third kappa shape index (κ3) is 3.90. The van der Waals surface area contributed by atoms with Gasteiger partial charge in [-0.25, -0.2) is 0 Å². The summed E-state index contributed by atoms with van der Waals surface area (Å²) in [5, 5.41) is 4.15. The van der Waals surface area contributed by atoms with Crippen LogP contribution in [-0.4, -0.2) is 51.0 Å². The van der Waals surface area contributed by atoms with E-state index < -0.39 is 0 Å². The molecule has 0 spiro atoms. The maximum absolute atomic E-state index is 12.9. The predicted octanol–water partition coefficient (Wildman–Crippen LogP) is 1.78. The fourth-order valence-corrected chi connectivity index (χ4v) is 3.35. The van der Waals surface area contributed by atoms with Crippen molar-refractivity contribution in [1.29, 1.82) is 0 Å². The van der Waals surface area contributed by atoms with Gasteiger partial charge >= 0.3 is 0 Å². The first-order valence-corrected chi connectivity index (χ1v) is 8.63. The van der Waals surface area contributed by atoms with Crippen molar-refractivity contribution >= 4 is 11.8 Å². The van der Waals surface area contributed by atoms with Crippen LogP contribution >= 0.6 is 0 Å². The number of benzene rings is 1. The van der Waals surface area contributed by atoms with Crippen molar-refractivity contribution in [2.75, 3.05) is 19.6 Å². The molecule has 6 nitrogen and oxygen atoms in total. The number of aromatic nitrogens is 2. The van der Waals surface area contributed by atoms with E-state index in [4.69, 9.17) is 0 Å². The molecule has 3 rings (SSSR count). The predicted molar refractivity (Wildman–Crippen MR) is 94.7 cm³/mol. The molecule has 0 aliphatic carbocycles. The van der Waals surface area contributed by atoms with Gasteiger partial charge in [0.15, 0.2) is 0 Å². The molecule has 6 heteroatoms. The number of carbonyl (C=O) groups is 2. The Balaban J connectivity index is 1.74. The Labute approximate surface area is 148 Å². The molecular weight excluding hydrogens is 316 g/mol. The Morgan fingerprint density at radius 1 is 1.16 bits per heavy atom. The smallest absolute Gasteiger partial charge is 0.223 e. The van der Waals surface area contributed by atoms with Gasteiger partial charge in [0.25, 0.3) is 0 Å². The molecule has 0 saturated carbocycles. The Morgan fingerprint density at radius 2 is 1.92 bits per heavy atom. The van der Waals surface area contributed by atoms with E-state index >= 15 is 0 Å². The summed E-state index contributed by atoms with van der Waals surface area (Å²) in [5.74, 6) is 0.182. The van der Waals surface area contributed by atoms with E-state index in [2.05, 4.69) is 5.10 Å². The molecule has 132 valence electrons. The van der Waals surface area contributed by atoms with Crippen LogP contribution in [0.1, 0.15) is 30.6 Å². The van der Waals surface area contributed by atoms with Crippen LogP contribution < -0.4 is 0 Å². The van der Waals surface area contributed by atoms with Gasteiger partial charge in [0.05, 0.1) is 6.04 Å². The molecule has 1 aromatic heterocycles. The van der Waals surface area contributed by atoms with Gasteiger partial charge in [-0.2, -0.15) is 5.10 Å². The average Bonchev–Trinajstić information content (AvgIpc) is 3.04. The fraction of sp³-hybridized carbons (Fsp3) is 0.421. The quantitative estimate of drug-likeness (QED) is 0.852. The van der Waals surface area contributed by atoms with Crippen LogP contribution in [-0.2, 0) is 23.1 Å². The van der Waals surface area contributed by atoms with Gasteiger partial charge in [0, 0.05) is 51.9 Å². The molecule has 1 aliphatic rings. The summed E-state index contributed by atoms with van der Waals surface area (Å²) < 4.78 is 1.80. The van der Waals surface area contributed by atoms with Crippen molar-refractivity contribution in [3.05, 3.63) is 53.9 Å². The number of aryl methyl sites for hydroxylation is 2. The maximum atomic E-state index is 12.9. The second kappa shape index (κ2) is 7.51. The molecule has 1 aromatic carbocycles. The first kappa shape index (κ1) is 17.2. The molecular formula is C19H24N4O2. The Hall–Kier alpha value is -2.63. The SMILES string of the molecule is CC(=O)N1CCN(C(=O)CCc2ccnn2C)C(c2ccccc2)C1. The van der Waals surface area contributed by atoms with Crippen molar-refractivity contribution < 1.29 is 9.59 Å². The number of amides is 2. The van der Waals surface area contributed by atoms with Crippen LogP contribution in [0, 0.1) is 0 Å². The highest BCUT2D eigenvalue weighted by molar-refractivity contribution is 5.78. The molecule has 0 bridgehead atoms. The van der Waals surface area contributed by atoms with Gasteiger partial charge in [-0.3, -0.25) is 14.3 Å². The van der Waals surface area contributed by atoms with E-state index in [9.17, 15) is 9.59 Å². The lowest BCUT2D eigenvalue weighted by atomic mass is 10.0. The minimum Gasteiger partial charge on any atom is -0.339 e. The summed E-state index contributed by atoms with van der Waals surface area (Å²) in [6.45, 7) is 3.30. The van der Waals surface area contributed by atoms with Gasteiger partial charge in [0.2, 0.25) is 11.8 Å².